The van der Waals surface area contributed by atoms with Crippen molar-refractivity contribution in [2.24, 2.45) is 17.8 Å². The predicted molar refractivity (Wildman–Crippen MR) is 80.3 cm³/mol. The molecule has 2 saturated carbocycles. The molecule has 0 amide bonds. The summed E-state index contributed by atoms with van der Waals surface area (Å²) in [5.74, 6) is 2.56. The van der Waals surface area contributed by atoms with Gasteiger partial charge < -0.3 is 5.11 Å². The standard InChI is InChI=1S/C18H21NO/c20-18(10-15-8-12-5-6-13(15)7-12)16-9-14-3-1-2-4-17(14)19-11-16/h1-4,9,11-13,15,18,20H,5-8,10H2. The first-order valence-electron chi connectivity index (χ1n) is 7.82. The van der Waals surface area contributed by atoms with Crippen LogP contribution in [-0.4, -0.2) is 10.1 Å². The van der Waals surface area contributed by atoms with Gasteiger partial charge in [-0.2, -0.15) is 0 Å². The Morgan fingerprint density at radius 1 is 1.20 bits per heavy atom. The summed E-state index contributed by atoms with van der Waals surface area (Å²) in [6, 6.07) is 10.2. The molecule has 1 aromatic carbocycles. The van der Waals surface area contributed by atoms with E-state index in [0.29, 0.717) is 0 Å². The number of benzene rings is 1. The van der Waals surface area contributed by atoms with E-state index in [9.17, 15) is 5.11 Å². The first-order valence-corrected chi connectivity index (χ1v) is 7.82. The highest BCUT2D eigenvalue weighted by atomic mass is 16.3. The third kappa shape index (κ3) is 2.12. The van der Waals surface area contributed by atoms with E-state index in [2.05, 4.69) is 17.1 Å². The van der Waals surface area contributed by atoms with Gasteiger partial charge in [-0.25, -0.2) is 0 Å². The number of aliphatic hydroxyl groups excluding tert-OH is 1. The highest BCUT2D eigenvalue weighted by molar-refractivity contribution is 5.78. The second-order valence-corrected chi connectivity index (χ2v) is 6.65. The number of rotatable bonds is 3. The van der Waals surface area contributed by atoms with Crippen molar-refractivity contribution in [3.8, 4) is 0 Å². The van der Waals surface area contributed by atoms with E-state index in [1.165, 1.54) is 25.7 Å². The molecule has 0 spiro atoms. The fourth-order valence-corrected chi connectivity index (χ4v) is 4.36. The second kappa shape index (κ2) is 4.85. The lowest BCUT2D eigenvalue weighted by atomic mass is 9.84. The Bertz CT molecular complexity index is 624. The highest BCUT2D eigenvalue weighted by Gasteiger charge is 2.40. The van der Waals surface area contributed by atoms with Gasteiger partial charge >= 0.3 is 0 Å². The van der Waals surface area contributed by atoms with E-state index in [-0.39, 0.29) is 6.10 Å². The Kier molecular flexibility index (Phi) is 2.99. The Morgan fingerprint density at radius 2 is 2.10 bits per heavy atom. The van der Waals surface area contributed by atoms with Crippen LogP contribution < -0.4 is 0 Å². The largest absolute Gasteiger partial charge is 0.388 e. The highest BCUT2D eigenvalue weighted by Crippen LogP contribution is 2.50. The molecule has 4 rings (SSSR count). The van der Waals surface area contributed by atoms with Crippen LogP contribution in [0.25, 0.3) is 10.9 Å². The molecule has 1 aromatic heterocycles. The molecular weight excluding hydrogens is 246 g/mol. The number of aliphatic hydroxyl groups is 1. The predicted octanol–water partition coefficient (Wildman–Crippen LogP) is 4.09. The van der Waals surface area contributed by atoms with Crippen LogP contribution in [0.2, 0.25) is 0 Å². The smallest absolute Gasteiger partial charge is 0.0807 e. The third-order valence-corrected chi connectivity index (χ3v) is 5.41. The van der Waals surface area contributed by atoms with E-state index >= 15 is 0 Å². The zero-order valence-electron chi connectivity index (χ0n) is 11.7. The molecule has 1 N–H and O–H groups in total. The SMILES string of the molecule is OC(CC1CC2CCC1C2)c1cnc2ccccc2c1. The Hall–Kier alpha value is -1.41. The van der Waals surface area contributed by atoms with Crippen molar-refractivity contribution in [1.82, 2.24) is 4.98 Å². The zero-order chi connectivity index (χ0) is 13.5. The molecule has 4 unspecified atom stereocenters. The van der Waals surface area contributed by atoms with Crippen molar-refractivity contribution in [1.29, 1.82) is 0 Å². The molecule has 2 aromatic rings. The normalized spacial score (nSPS) is 29.9. The summed E-state index contributed by atoms with van der Waals surface area (Å²) in [5.41, 5.74) is 1.98. The van der Waals surface area contributed by atoms with E-state index in [0.717, 1.165) is 40.6 Å². The van der Waals surface area contributed by atoms with Gasteiger partial charge in [-0.3, -0.25) is 4.98 Å². The fourth-order valence-electron chi connectivity index (χ4n) is 4.36. The minimum absolute atomic E-state index is 0.351. The molecule has 2 fully saturated rings. The maximum Gasteiger partial charge on any atom is 0.0807 e. The topological polar surface area (TPSA) is 33.1 Å². The van der Waals surface area contributed by atoms with Crippen LogP contribution in [0.1, 0.15) is 43.8 Å². The molecule has 2 bridgehead atoms. The lowest BCUT2D eigenvalue weighted by Gasteiger charge is -2.24. The van der Waals surface area contributed by atoms with Gasteiger partial charge in [-0.15, -0.1) is 0 Å². The van der Waals surface area contributed by atoms with Crippen LogP contribution in [0.4, 0.5) is 0 Å². The van der Waals surface area contributed by atoms with Gasteiger partial charge in [0.25, 0.3) is 0 Å². The molecule has 2 heteroatoms. The third-order valence-electron chi connectivity index (χ3n) is 5.41. The van der Waals surface area contributed by atoms with Crippen molar-refractivity contribution < 1.29 is 5.11 Å². The molecule has 0 saturated heterocycles. The van der Waals surface area contributed by atoms with Gasteiger partial charge in [-0.05, 0) is 61.1 Å². The number of hydrogen-bond donors (Lipinski definition) is 1. The van der Waals surface area contributed by atoms with Crippen LogP contribution in [0.5, 0.6) is 0 Å². The van der Waals surface area contributed by atoms with Gasteiger partial charge in [0.2, 0.25) is 0 Å². The van der Waals surface area contributed by atoms with Crippen molar-refractivity contribution in [3.63, 3.8) is 0 Å². The average molecular weight is 267 g/mol. The number of hydrogen-bond acceptors (Lipinski definition) is 2. The molecule has 20 heavy (non-hydrogen) atoms. The summed E-state index contributed by atoms with van der Waals surface area (Å²) < 4.78 is 0. The Labute approximate surface area is 119 Å². The van der Waals surface area contributed by atoms with E-state index in [1.54, 1.807) is 0 Å². The fraction of sp³-hybridized carbons (Fsp3) is 0.500. The van der Waals surface area contributed by atoms with Gasteiger partial charge in [0.1, 0.15) is 0 Å². The summed E-state index contributed by atoms with van der Waals surface area (Å²) in [7, 11) is 0. The zero-order valence-corrected chi connectivity index (χ0v) is 11.7. The Balaban J connectivity index is 1.53. The van der Waals surface area contributed by atoms with Crippen molar-refractivity contribution in [3.05, 3.63) is 42.1 Å². The molecule has 2 nitrogen and oxygen atoms in total. The van der Waals surface area contributed by atoms with Crippen LogP contribution in [0.15, 0.2) is 36.5 Å². The summed E-state index contributed by atoms with van der Waals surface area (Å²) in [6.45, 7) is 0. The molecule has 104 valence electrons. The van der Waals surface area contributed by atoms with Crippen molar-refractivity contribution in [2.45, 2.75) is 38.2 Å². The van der Waals surface area contributed by atoms with Crippen LogP contribution in [0.3, 0.4) is 0 Å². The molecular formula is C18H21NO. The maximum absolute atomic E-state index is 10.5. The lowest BCUT2D eigenvalue weighted by Crippen LogP contribution is -2.14. The Morgan fingerprint density at radius 3 is 2.90 bits per heavy atom. The summed E-state index contributed by atoms with van der Waals surface area (Å²) in [4.78, 5) is 4.46. The first-order chi connectivity index (χ1) is 9.79. The summed E-state index contributed by atoms with van der Waals surface area (Å²) >= 11 is 0. The molecule has 1 heterocycles. The summed E-state index contributed by atoms with van der Waals surface area (Å²) in [5, 5.41) is 11.7. The number of fused-ring (bicyclic) bond motifs is 3. The number of pyridine rings is 1. The van der Waals surface area contributed by atoms with Gasteiger partial charge in [-0.1, -0.05) is 24.6 Å². The van der Waals surface area contributed by atoms with Gasteiger partial charge in [0.05, 0.1) is 11.6 Å². The monoisotopic (exact) mass is 267 g/mol. The number of aromatic nitrogens is 1. The first kappa shape index (κ1) is 12.3. The second-order valence-electron chi connectivity index (χ2n) is 6.65. The number of para-hydroxylation sites is 1. The molecule has 0 aliphatic heterocycles. The van der Waals surface area contributed by atoms with Crippen LogP contribution >= 0.6 is 0 Å². The van der Waals surface area contributed by atoms with E-state index < -0.39 is 0 Å². The van der Waals surface area contributed by atoms with Gasteiger partial charge in [0, 0.05) is 11.6 Å². The number of nitrogens with zero attached hydrogens (tertiary/aromatic N) is 1. The quantitative estimate of drug-likeness (QED) is 0.908. The van der Waals surface area contributed by atoms with Gasteiger partial charge in [0.15, 0.2) is 0 Å². The molecule has 2 aliphatic carbocycles. The van der Waals surface area contributed by atoms with Crippen LogP contribution in [0, 0.1) is 17.8 Å². The molecule has 0 radical (unpaired) electrons. The maximum atomic E-state index is 10.5. The van der Waals surface area contributed by atoms with Crippen molar-refractivity contribution >= 4 is 10.9 Å². The summed E-state index contributed by atoms with van der Waals surface area (Å²) in [6.07, 6.45) is 7.97. The molecule has 4 atom stereocenters. The minimum Gasteiger partial charge on any atom is -0.388 e. The van der Waals surface area contributed by atoms with Crippen LogP contribution in [-0.2, 0) is 0 Å². The average Bonchev–Trinajstić information content (AvgIpc) is 3.09. The van der Waals surface area contributed by atoms with E-state index in [4.69, 9.17) is 0 Å². The lowest BCUT2D eigenvalue weighted by molar-refractivity contribution is 0.125. The minimum atomic E-state index is -0.351. The van der Waals surface area contributed by atoms with Crippen molar-refractivity contribution in [2.75, 3.05) is 0 Å². The van der Waals surface area contributed by atoms with E-state index in [1.807, 2.05) is 24.4 Å². The molecule has 2 aliphatic rings.